The van der Waals surface area contributed by atoms with Crippen LogP contribution in [0.15, 0.2) is 36.8 Å². The van der Waals surface area contributed by atoms with Crippen molar-refractivity contribution in [2.45, 2.75) is 26.6 Å². The number of nitrogens with zero attached hydrogens (tertiary/aromatic N) is 7. The molecular weight excluding hydrogens is 541 g/mol. The number of aromatic nitrogens is 6. The van der Waals surface area contributed by atoms with Crippen molar-refractivity contribution in [1.82, 2.24) is 34.7 Å². The fourth-order valence-electron chi connectivity index (χ4n) is 4.25. The van der Waals surface area contributed by atoms with Gasteiger partial charge < -0.3 is 14.8 Å². The Labute approximate surface area is 234 Å². The summed E-state index contributed by atoms with van der Waals surface area (Å²) in [5.41, 5.74) is 2.69. The molecule has 0 aliphatic heterocycles. The number of hydrogen-bond acceptors (Lipinski definition) is 8. The first kappa shape index (κ1) is 29.7. The van der Waals surface area contributed by atoms with Crippen LogP contribution in [0.25, 0.3) is 16.9 Å². The highest BCUT2D eigenvalue weighted by Gasteiger charge is 2.33. The zero-order valence-electron chi connectivity index (χ0n) is 23.6. The predicted molar refractivity (Wildman–Crippen MR) is 145 cm³/mol. The molecule has 0 atom stereocenters. The van der Waals surface area contributed by atoms with Crippen LogP contribution in [0.2, 0.25) is 0 Å². The fraction of sp³-hybridized carbons (Fsp3) is 0.370. The highest BCUT2D eigenvalue weighted by atomic mass is 19.4. The van der Waals surface area contributed by atoms with Crippen LogP contribution in [0.1, 0.15) is 32.9 Å². The Morgan fingerprint density at radius 1 is 1.15 bits per heavy atom. The van der Waals surface area contributed by atoms with Crippen LogP contribution in [-0.4, -0.2) is 75.0 Å². The summed E-state index contributed by atoms with van der Waals surface area (Å²) in [5, 5.41) is 15.2. The smallest absolute Gasteiger partial charge is 0.416 e. The van der Waals surface area contributed by atoms with Gasteiger partial charge in [0.05, 0.1) is 54.3 Å². The van der Waals surface area contributed by atoms with E-state index in [1.807, 2.05) is 14.0 Å². The van der Waals surface area contributed by atoms with Crippen molar-refractivity contribution in [2.24, 2.45) is 7.05 Å². The Kier molecular flexibility index (Phi) is 8.73. The summed E-state index contributed by atoms with van der Waals surface area (Å²) in [6, 6.07) is 3.43. The molecule has 41 heavy (non-hydrogen) atoms. The Bertz CT molecular complexity index is 1550. The summed E-state index contributed by atoms with van der Waals surface area (Å²) < 4.78 is 55.1. The van der Waals surface area contributed by atoms with Gasteiger partial charge in [0, 0.05) is 50.3 Å². The number of anilines is 1. The number of carbonyl (C=O) groups is 1. The van der Waals surface area contributed by atoms with Gasteiger partial charge in [0.25, 0.3) is 5.91 Å². The first-order valence-corrected chi connectivity index (χ1v) is 12.6. The molecule has 1 amide bonds. The van der Waals surface area contributed by atoms with Crippen molar-refractivity contribution >= 4 is 11.6 Å². The van der Waals surface area contributed by atoms with Gasteiger partial charge in [0.15, 0.2) is 0 Å². The number of hydrogen-bond donors (Lipinski definition) is 1. The Balaban J connectivity index is 1.66. The van der Waals surface area contributed by atoms with E-state index in [1.54, 1.807) is 49.1 Å². The van der Waals surface area contributed by atoms with Crippen LogP contribution in [0, 0.1) is 13.8 Å². The van der Waals surface area contributed by atoms with E-state index in [-0.39, 0.29) is 29.1 Å². The molecule has 3 aromatic heterocycles. The number of likely N-dealkylation sites (N-methyl/N-ethyl adjacent to an activating group) is 1. The van der Waals surface area contributed by atoms with Gasteiger partial charge in [-0.3, -0.25) is 19.4 Å². The fourth-order valence-corrected chi connectivity index (χ4v) is 4.25. The summed E-state index contributed by atoms with van der Waals surface area (Å²) in [7, 11) is 6.46. The number of ether oxygens (including phenoxy) is 2. The summed E-state index contributed by atoms with van der Waals surface area (Å²) in [6.45, 7) is 4.68. The standard InChI is InChI=1S/C27H31F3N8O3/c1-16-24(38-15-23(34-35-38)21-13-32-37(4)17(21)2)10-18(12-31-16)26(39)33-22-11-20(27(28,29)30)9-19(25(22)41-6)14-36(3)7-8-40-5/h9-13,15H,7-8,14H2,1-6H3,(H,33,39). The summed E-state index contributed by atoms with van der Waals surface area (Å²) >= 11 is 0. The molecule has 0 unspecified atom stereocenters. The number of benzene rings is 1. The van der Waals surface area contributed by atoms with Gasteiger partial charge in [-0.25, -0.2) is 4.68 Å². The van der Waals surface area contributed by atoms with E-state index in [9.17, 15) is 18.0 Å². The second-order valence-corrected chi connectivity index (χ2v) is 9.54. The average molecular weight is 573 g/mol. The lowest BCUT2D eigenvalue weighted by molar-refractivity contribution is -0.137. The molecule has 218 valence electrons. The molecule has 0 radical (unpaired) electrons. The van der Waals surface area contributed by atoms with Crippen LogP contribution in [-0.2, 0) is 24.5 Å². The molecule has 3 heterocycles. The molecule has 0 spiro atoms. The van der Waals surface area contributed by atoms with Crippen molar-refractivity contribution in [3.63, 3.8) is 0 Å². The van der Waals surface area contributed by atoms with Crippen LogP contribution in [0.5, 0.6) is 5.75 Å². The minimum atomic E-state index is -4.64. The Hall–Kier alpha value is -4.30. The number of halogens is 3. The maximum Gasteiger partial charge on any atom is 0.416 e. The molecule has 0 aliphatic carbocycles. The number of nitrogens with one attached hydrogen (secondary N) is 1. The number of alkyl halides is 3. The number of aryl methyl sites for hydroxylation is 2. The van der Waals surface area contributed by atoms with E-state index >= 15 is 0 Å². The molecule has 0 bridgehead atoms. The summed E-state index contributed by atoms with van der Waals surface area (Å²) in [5.74, 6) is -0.540. The van der Waals surface area contributed by atoms with E-state index in [0.717, 1.165) is 23.4 Å². The van der Waals surface area contributed by atoms with Gasteiger partial charge in [-0.2, -0.15) is 18.3 Å². The van der Waals surface area contributed by atoms with Gasteiger partial charge in [0.1, 0.15) is 11.4 Å². The molecule has 14 heteroatoms. The van der Waals surface area contributed by atoms with E-state index in [4.69, 9.17) is 9.47 Å². The second-order valence-electron chi connectivity index (χ2n) is 9.54. The lowest BCUT2D eigenvalue weighted by Crippen LogP contribution is -2.23. The third kappa shape index (κ3) is 6.55. The maximum absolute atomic E-state index is 13.8. The monoisotopic (exact) mass is 572 g/mol. The molecule has 1 N–H and O–H groups in total. The topological polar surface area (TPSA) is 112 Å². The molecule has 4 rings (SSSR count). The first-order valence-electron chi connectivity index (χ1n) is 12.6. The van der Waals surface area contributed by atoms with Gasteiger partial charge in [0.2, 0.25) is 0 Å². The zero-order chi connectivity index (χ0) is 29.9. The predicted octanol–water partition coefficient (Wildman–Crippen LogP) is 4.04. The summed E-state index contributed by atoms with van der Waals surface area (Å²) in [4.78, 5) is 19.4. The number of methoxy groups -OCH3 is 2. The third-order valence-corrected chi connectivity index (χ3v) is 6.64. The normalized spacial score (nSPS) is 11.8. The van der Waals surface area contributed by atoms with Gasteiger partial charge in [-0.1, -0.05) is 5.21 Å². The van der Waals surface area contributed by atoms with Crippen LogP contribution < -0.4 is 10.1 Å². The molecule has 11 nitrogen and oxygen atoms in total. The van der Waals surface area contributed by atoms with E-state index in [2.05, 4.69) is 25.7 Å². The van der Waals surface area contributed by atoms with E-state index in [0.29, 0.717) is 30.2 Å². The molecule has 0 fully saturated rings. The van der Waals surface area contributed by atoms with Gasteiger partial charge >= 0.3 is 6.18 Å². The lowest BCUT2D eigenvalue weighted by atomic mass is 10.1. The minimum absolute atomic E-state index is 0.110. The third-order valence-electron chi connectivity index (χ3n) is 6.64. The largest absolute Gasteiger partial charge is 0.494 e. The van der Waals surface area contributed by atoms with Crippen molar-refractivity contribution < 1.29 is 27.4 Å². The first-order chi connectivity index (χ1) is 19.4. The molecule has 0 saturated carbocycles. The van der Waals surface area contributed by atoms with Crippen molar-refractivity contribution in [3.05, 3.63) is 64.9 Å². The highest BCUT2D eigenvalue weighted by Crippen LogP contribution is 2.38. The SMILES string of the molecule is COCCN(C)Cc1cc(C(F)(F)F)cc(NC(=O)c2cnc(C)c(-n3cc(-c4cnn(C)c4C)nn3)c2)c1OC. The van der Waals surface area contributed by atoms with Crippen LogP contribution in [0.4, 0.5) is 18.9 Å². The van der Waals surface area contributed by atoms with Gasteiger partial charge in [-0.15, -0.1) is 5.10 Å². The quantitative estimate of drug-likeness (QED) is 0.303. The molecule has 0 saturated heterocycles. The number of amides is 1. The van der Waals surface area contributed by atoms with Crippen molar-refractivity contribution in [3.8, 4) is 22.7 Å². The Morgan fingerprint density at radius 2 is 1.90 bits per heavy atom. The summed E-state index contributed by atoms with van der Waals surface area (Å²) in [6.07, 6.45) is 0.0844. The highest BCUT2D eigenvalue weighted by molar-refractivity contribution is 6.05. The zero-order valence-corrected chi connectivity index (χ0v) is 23.6. The number of carbonyl (C=O) groups excluding carboxylic acids is 1. The van der Waals surface area contributed by atoms with Crippen molar-refractivity contribution in [2.75, 3.05) is 39.7 Å². The van der Waals surface area contributed by atoms with Crippen LogP contribution >= 0.6 is 0 Å². The lowest BCUT2D eigenvalue weighted by Gasteiger charge is -2.22. The van der Waals surface area contributed by atoms with E-state index < -0.39 is 17.6 Å². The molecule has 1 aromatic carbocycles. The molecule has 0 aliphatic rings. The average Bonchev–Trinajstić information content (AvgIpc) is 3.53. The van der Waals surface area contributed by atoms with E-state index in [1.165, 1.54) is 18.0 Å². The van der Waals surface area contributed by atoms with Crippen molar-refractivity contribution in [1.29, 1.82) is 0 Å². The molecule has 4 aromatic rings. The second kappa shape index (κ2) is 12.1. The number of pyridine rings is 1. The Morgan fingerprint density at radius 3 is 2.54 bits per heavy atom. The van der Waals surface area contributed by atoms with Gasteiger partial charge in [-0.05, 0) is 39.1 Å². The van der Waals surface area contributed by atoms with Crippen LogP contribution in [0.3, 0.4) is 0 Å². The molecular formula is C27H31F3N8O3. The number of rotatable bonds is 10. The maximum atomic E-state index is 13.8. The minimum Gasteiger partial charge on any atom is -0.494 e.